The zero-order valence-corrected chi connectivity index (χ0v) is 18.7. The number of Topliss-reactive ketones (excluding diaryl/α,β-unsaturated/α-hetero) is 1. The van der Waals surface area contributed by atoms with Gasteiger partial charge in [0.15, 0.2) is 5.78 Å². The van der Waals surface area contributed by atoms with E-state index in [1.54, 1.807) is 7.11 Å². The number of nitrogens with one attached hydrogen (secondary N) is 1. The highest BCUT2D eigenvalue weighted by Gasteiger charge is 2.54. The molecule has 0 aliphatic carbocycles. The molecule has 2 aliphatic heterocycles. The zero-order chi connectivity index (χ0) is 20.7. The van der Waals surface area contributed by atoms with Gasteiger partial charge in [-0.2, -0.15) is 5.06 Å². The summed E-state index contributed by atoms with van der Waals surface area (Å²) in [6.45, 7) is 11.9. The molecular formula is C22H30N2O3Si. The van der Waals surface area contributed by atoms with E-state index in [1.165, 1.54) is 0 Å². The number of hydrogen-bond donors (Lipinski definition) is 1. The van der Waals surface area contributed by atoms with Crippen LogP contribution in [0.5, 0.6) is 0 Å². The Balaban J connectivity index is 1.92. The van der Waals surface area contributed by atoms with Crippen LogP contribution in [0.15, 0.2) is 12.1 Å². The Morgan fingerprint density at radius 3 is 2.21 bits per heavy atom. The van der Waals surface area contributed by atoms with Crippen LogP contribution in [0.1, 0.15) is 41.0 Å². The number of aryl methyl sites for hydroxylation is 2. The van der Waals surface area contributed by atoms with E-state index < -0.39 is 19.5 Å². The van der Waals surface area contributed by atoms with Crippen molar-refractivity contribution >= 4 is 19.8 Å². The maximum atomic E-state index is 13.4. The minimum atomic E-state index is -1.47. The monoisotopic (exact) mass is 398 g/mol. The van der Waals surface area contributed by atoms with E-state index in [0.29, 0.717) is 25.9 Å². The van der Waals surface area contributed by atoms with Gasteiger partial charge in [0.25, 0.3) is 0 Å². The van der Waals surface area contributed by atoms with Gasteiger partial charge >= 0.3 is 0 Å². The number of nitrogens with zero attached hydrogens (tertiary/aromatic N) is 1. The Kier molecular flexibility index (Phi) is 5.55. The summed E-state index contributed by atoms with van der Waals surface area (Å²) in [6.07, 6.45) is 1.17. The molecule has 6 heteroatoms. The van der Waals surface area contributed by atoms with Gasteiger partial charge in [0.2, 0.25) is 5.91 Å². The lowest BCUT2D eigenvalue weighted by atomic mass is 9.79. The second-order valence-electron chi connectivity index (χ2n) is 9.00. The lowest BCUT2D eigenvalue weighted by molar-refractivity contribution is -0.157. The van der Waals surface area contributed by atoms with E-state index in [2.05, 4.69) is 36.4 Å². The predicted molar refractivity (Wildman–Crippen MR) is 113 cm³/mol. The summed E-state index contributed by atoms with van der Waals surface area (Å²) in [6, 6.07) is 4.02. The molecule has 3 rings (SSSR count). The zero-order valence-electron chi connectivity index (χ0n) is 17.7. The number of hydrogen-bond acceptors (Lipinski definition) is 4. The van der Waals surface area contributed by atoms with Gasteiger partial charge in [0.1, 0.15) is 19.5 Å². The summed E-state index contributed by atoms with van der Waals surface area (Å²) in [4.78, 5) is 31.5. The molecule has 0 radical (unpaired) electrons. The summed E-state index contributed by atoms with van der Waals surface area (Å²) in [5, 5.41) is 4.87. The molecule has 0 bridgehead atoms. The number of ketones is 1. The molecule has 5 nitrogen and oxygen atoms in total. The fraction of sp³-hybridized carbons (Fsp3) is 0.545. The van der Waals surface area contributed by atoms with E-state index in [-0.39, 0.29) is 11.7 Å². The third-order valence-electron chi connectivity index (χ3n) is 5.66. The van der Waals surface area contributed by atoms with Crippen molar-refractivity contribution in [1.29, 1.82) is 0 Å². The van der Waals surface area contributed by atoms with Gasteiger partial charge in [0.05, 0.1) is 7.11 Å². The first kappa shape index (κ1) is 20.8. The van der Waals surface area contributed by atoms with Gasteiger partial charge in [-0.3, -0.25) is 9.59 Å². The highest BCUT2D eigenvalue weighted by molar-refractivity contribution is 6.83. The fourth-order valence-electron chi connectivity index (χ4n) is 4.21. The van der Waals surface area contributed by atoms with Crippen LogP contribution in [0.4, 0.5) is 0 Å². The van der Waals surface area contributed by atoms with Crippen molar-refractivity contribution < 1.29 is 14.4 Å². The van der Waals surface area contributed by atoms with Crippen LogP contribution in [-0.4, -0.2) is 50.6 Å². The molecule has 1 spiro atoms. The Bertz CT molecular complexity index is 845. The summed E-state index contributed by atoms with van der Waals surface area (Å²) in [7, 11) is 0.169. The second-order valence-corrected chi connectivity index (χ2v) is 13.8. The molecule has 2 saturated heterocycles. The molecule has 2 fully saturated rings. The predicted octanol–water partition coefficient (Wildman–Crippen LogP) is 2.71. The lowest BCUT2D eigenvalue weighted by Crippen LogP contribution is -2.54. The van der Waals surface area contributed by atoms with Crippen LogP contribution >= 0.6 is 0 Å². The van der Waals surface area contributed by atoms with Gasteiger partial charge in [-0.25, -0.2) is 0 Å². The Labute approximate surface area is 168 Å². The maximum absolute atomic E-state index is 13.4. The number of carbonyl (C=O) groups is 2. The first-order valence-electron chi connectivity index (χ1n) is 9.86. The van der Waals surface area contributed by atoms with Crippen LogP contribution in [-0.2, 0) is 14.4 Å². The second kappa shape index (κ2) is 7.47. The van der Waals surface area contributed by atoms with Gasteiger partial charge in [-0.05, 0) is 55.5 Å². The Morgan fingerprint density at radius 2 is 1.71 bits per heavy atom. The first-order chi connectivity index (χ1) is 13.1. The van der Waals surface area contributed by atoms with Gasteiger partial charge in [-0.15, -0.1) is 5.54 Å². The Morgan fingerprint density at radius 1 is 1.14 bits per heavy atom. The highest BCUT2D eigenvalue weighted by Crippen LogP contribution is 2.38. The molecule has 1 aromatic rings. The molecule has 2 aliphatic rings. The molecule has 1 unspecified atom stereocenters. The number of carbonyl (C=O) groups excluding carboxylic acids is 2. The molecule has 1 N–H and O–H groups in total. The third kappa shape index (κ3) is 3.93. The molecule has 2 heterocycles. The fourth-order valence-corrected chi connectivity index (χ4v) is 4.73. The largest absolute Gasteiger partial charge is 0.343 e. The molecule has 28 heavy (non-hydrogen) atoms. The van der Waals surface area contributed by atoms with Gasteiger partial charge in [-0.1, -0.05) is 25.6 Å². The average Bonchev–Trinajstić information content (AvgIpc) is 2.84. The number of benzene rings is 1. The standard InChI is InChI=1S/C22H30N2O3Si/c1-15-13-17(7-12-28(4,5)6)14-16(2)18(15)19-20(25)22(23-21(19)26)8-10-24(27-3)11-9-22/h13-14,19H,8-11H2,1-6H3,(H,23,26). The smallest absolute Gasteiger partial charge is 0.235 e. The quantitative estimate of drug-likeness (QED) is 0.473. The molecule has 0 aromatic heterocycles. The summed E-state index contributed by atoms with van der Waals surface area (Å²) < 4.78 is 0. The van der Waals surface area contributed by atoms with Gasteiger partial charge in [0, 0.05) is 18.7 Å². The molecule has 150 valence electrons. The topological polar surface area (TPSA) is 58.6 Å². The van der Waals surface area contributed by atoms with Crippen molar-refractivity contribution in [2.24, 2.45) is 0 Å². The van der Waals surface area contributed by atoms with E-state index >= 15 is 0 Å². The van der Waals surface area contributed by atoms with Crippen molar-refractivity contribution in [3.05, 3.63) is 34.4 Å². The van der Waals surface area contributed by atoms with Crippen molar-refractivity contribution in [1.82, 2.24) is 10.4 Å². The molecular weight excluding hydrogens is 368 g/mol. The lowest BCUT2D eigenvalue weighted by Gasteiger charge is -2.36. The molecule has 1 atom stereocenters. The van der Waals surface area contributed by atoms with E-state index in [1.807, 2.05) is 31.0 Å². The average molecular weight is 399 g/mol. The number of hydroxylamine groups is 2. The van der Waals surface area contributed by atoms with Crippen molar-refractivity contribution in [2.45, 2.75) is 57.8 Å². The van der Waals surface area contributed by atoms with Crippen LogP contribution in [0.25, 0.3) is 0 Å². The van der Waals surface area contributed by atoms with Crippen LogP contribution < -0.4 is 5.32 Å². The van der Waals surface area contributed by atoms with Crippen LogP contribution in [0.3, 0.4) is 0 Å². The maximum Gasteiger partial charge on any atom is 0.235 e. The van der Waals surface area contributed by atoms with Crippen LogP contribution in [0.2, 0.25) is 19.6 Å². The third-order valence-corrected chi connectivity index (χ3v) is 6.53. The number of piperidine rings is 1. The molecule has 1 amide bonds. The van der Waals surface area contributed by atoms with E-state index in [4.69, 9.17) is 4.84 Å². The SMILES string of the molecule is CON1CCC2(CC1)NC(=O)C(c1c(C)cc(C#C[Si](C)(C)C)cc1C)C2=O. The van der Waals surface area contributed by atoms with Crippen molar-refractivity contribution in [2.75, 3.05) is 20.2 Å². The summed E-state index contributed by atoms with van der Waals surface area (Å²) in [5.41, 5.74) is 6.33. The normalized spacial score (nSPS) is 22.1. The Hall–Kier alpha value is -1.94. The molecule has 1 aromatic carbocycles. The highest BCUT2D eigenvalue weighted by atomic mass is 28.3. The number of amides is 1. The minimum absolute atomic E-state index is 0.000358. The van der Waals surface area contributed by atoms with Crippen LogP contribution in [0, 0.1) is 25.3 Å². The number of rotatable bonds is 2. The molecule has 0 saturated carbocycles. The van der Waals surface area contributed by atoms with E-state index in [9.17, 15) is 9.59 Å². The van der Waals surface area contributed by atoms with Crippen molar-refractivity contribution in [3.8, 4) is 11.5 Å². The summed E-state index contributed by atoms with van der Waals surface area (Å²) in [5.74, 6) is 2.38. The minimum Gasteiger partial charge on any atom is -0.343 e. The summed E-state index contributed by atoms with van der Waals surface area (Å²) >= 11 is 0. The van der Waals surface area contributed by atoms with E-state index in [0.717, 1.165) is 22.3 Å². The van der Waals surface area contributed by atoms with Gasteiger partial charge < -0.3 is 10.2 Å². The first-order valence-corrected chi connectivity index (χ1v) is 13.4. The van der Waals surface area contributed by atoms with Crippen molar-refractivity contribution in [3.63, 3.8) is 0 Å².